The lowest BCUT2D eigenvalue weighted by molar-refractivity contribution is -0.119. The normalized spacial score (nSPS) is 8.76. The lowest BCUT2D eigenvalue weighted by atomic mass is 10.2. The Kier molecular flexibility index (Phi) is 5.62. The molecule has 88 valence electrons. The summed E-state index contributed by atoms with van der Waals surface area (Å²) in [6.07, 6.45) is 0.0983. The minimum atomic E-state index is -0.649. The number of carbonyl (C=O) groups is 2. The van der Waals surface area contributed by atoms with Crippen molar-refractivity contribution in [1.82, 2.24) is 10.6 Å². The van der Waals surface area contributed by atoms with Crippen LogP contribution in [0, 0.1) is 12.0 Å². The number of amides is 3. The molecular weight excluding hydrogens is 240 g/mol. The maximum Gasteiger partial charge on any atom is 0.333 e. The molecule has 0 aliphatic carbocycles. The van der Waals surface area contributed by atoms with Gasteiger partial charge >= 0.3 is 6.03 Å². The van der Waals surface area contributed by atoms with Crippen LogP contribution < -0.4 is 10.6 Å². The topological polar surface area (TPSA) is 58.2 Å². The highest BCUT2D eigenvalue weighted by atomic mass is 35.5. The fourth-order valence-electron chi connectivity index (χ4n) is 0.988. The SMILES string of the molecule is O=C(CCCl)NC(=O)NC#Cc1ccccc1. The highest BCUT2D eigenvalue weighted by Gasteiger charge is 2.04. The van der Waals surface area contributed by atoms with Crippen molar-refractivity contribution in [2.24, 2.45) is 0 Å². The molecule has 0 unspecified atom stereocenters. The van der Waals surface area contributed by atoms with Crippen molar-refractivity contribution in [2.45, 2.75) is 6.42 Å². The highest BCUT2D eigenvalue weighted by Crippen LogP contribution is 1.93. The Morgan fingerprint density at radius 2 is 1.94 bits per heavy atom. The minimum Gasteiger partial charge on any atom is -0.277 e. The number of hydrogen-bond acceptors (Lipinski definition) is 2. The van der Waals surface area contributed by atoms with E-state index in [0.717, 1.165) is 5.56 Å². The molecule has 0 fully saturated rings. The van der Waals surface area contributed by atoms with Crippen LogP contribution in [0.15, 0.2) is 30.3 Å². The fraction of sp³-hybridized carbons (Fsp3) is 0.167. The van der Waals surface area contributed by atoms with E-state index in [1.807, 2.05) is 30.3 Å². The number of alkyl halides is 1. The summed E-state index contributed by atoms with van der Waals surface area (Å²) in [6.45, 7) is 0. The molecule has 1 aromatic carbocycles. The lowest BCUT2D eigenvalue weighted by Gasteiger charge is -1.99. The van der Waals surface area contributed by atoms with Crippen LogP contribution in [0.2, 0.25) is 0 Å². The Labute approximate surface area is 104 Å². The third kappa shape index (κ3) is 5.59. The average Bonchev–Trinajstić information content (AvgIpc) is 2.30. The first kappa shape index (κ1) is 13.1. The van der Waals surface area contributed by atoms with Crippen molar-refractivity contribution in [3.63, 3.8) is 0 Å². The second-order valence-corrected chi connectivity index (χ2v) is 3.44. The molecule has 0 radical (unpaired) electrons. The molecule has 1 rings (SSSR count). The maximum atomic E-state index is 11.1. The predicted octanol–water partition coefficient (Wildman–Crippen LogP) is 1.45. The number of rotatable bonds is 2. The molecule has 0 saturated heterocycles. The first-order chi connectivity index (χ1) is 8.22. The Morgan fingerprint density at radius 1 is 1.24 bits per heavy atom. The van der Waals surface area contributed by atoms with Crippen LogP contribution in [-0.2, 0) is 4.79 Å². The molecule has 0 bridgehead atoms. The molecule has 1 aromatic rings. The molecule has 0 atom stereocenters. The second-order valence-electron chi connectivity index (χ2n) is 3.06. The van der Waals surface area contributed by atoms with E-state index in [1.54, 1.807) is 0 Å². The van der Waals surface area contributed by atoms with Gasteiger partial charge in [0.05, 0.1) is 0 Å². The monoisotopic (exact) mass is 250 g/mol. The van der Waals surface area contributed by atoms with Gasteiger partial charge in [0.1, 0.15) is 0 Å². The molecule has 0 aliphatic heterocycles. The summed E-state index contributed by atoms with van der Waals surface area (Å²) in [7, 11) is 0. The predicted molar refractivity (Wildman–Crippen MR) is 65.3 cm³/mol. The molecular formula is C12H11ClN2O2. The molecule has 0 aliphatic rings. The maximum absolute atomic E-state index is 11.1. The van der Waals surface area contributed by atoms with E-state index in [1.165, 1.54) is 0 Å². The van der Waals surface area contributed by atoms with Crippen LogP contribution in [0.5, 0.6) is 0 Å². The zero-order valence-corrected chi connectivity index (χ0v) is 9.75. The largest absolute Gasteiger partial charge is 0.333 e. The Morgan fingerprint density at radius 3 is 2.59 bits per heavy atom. The van der Waals surface area contributed by atoms with Crippen LogP contribution in [0.3, 0.4) is 0 Å². The number of halogens is 1. The van der Waals surface area contributed by atoms with Gasteiger partial charge in [-0.1, -0.05) is 18.2 Å². The average molecular weight is 251 g/mol. The number of hydrogen-bond donors (Lipinski definition) is 2. The number of imide groups is 1. The number of nitrogens with one attached hydrogen (secondary N) is 2. The third-order valence-electron chi connectivity index (χ3n) is 1.73. The number of benzene rings is 1. The van der Waals surface area contributed by atoms with Crippen molar-refractivity contribution in [2.75, 3.05) is 5.88 Å². The van der Waals surface area contributed by atoms with E-state index in [4.69, 9.17) is 11.6 Å². The van der Waals surface area contributed by atoms with Crippen LogP contribution in [-0.4, -0.2) is 17.8 Å². The van der Waals surface area contributed by atoms with Crippen LogP contribution in [0.4, 0.5) is 4.79 Å². The van der Waals surface area contributed by atoms with Crippen LogP contribution in [0.1, 0.15) is 12.0 Å². The van der Waals surface area contributed by atoms with E-state index < -0.39 is 11.9 Å². The van der Waals surface area contributed by atoms with E-state index in [2.05, 4.69) is 22.6 Å². The smallest absolute Gasteiger partial charge is 0.277 e. The molecule has 5 heteroatoms. The summed E-state index contributed by atoms with van der Waals surface area (Å²) >= 11 is 5.34. The Balaban J connectivity index is 2.39. The molecule has 0 heterocycles. The van der Waals surface area contributed by atoms with Crippen molar-refractivity contribution in [3.8, 4) is 12.0 Å². The van der Waals surface area contributed by atoms with E-state index in [9.17, 15) is 9.59 Å². The fourth-order valence-corrected chi connectivity index (χ4v) is 1.16. The van der Waals surface area contributed by atoms with Crippen molar-refractivity contribution in [1.29, 1.82) is 0 Å². The molecule has 4 nitrogen and oxygen atoms in total. The summed E-state index contributed by atoms with van der Waals surface area (Å²) in [5.41, 5.74) is 0.778. The van der Waals surface area contributed by atoms with Crippen LogP contribution in [0.25, 0.3) is 0 Å². The van der Waals surface area contributed by atoms with Crippen LogP contribution >= 0.6 is 11.6 Å². The third-order valence-corrected chi connectivity index (χ3v) is 1.92. The number of urea groups is 1. The molecule has 17 heavy (non-hydrogen) atoms. The summed E-state index contributed by atoms with van der Waals surface area (Å²) in [5.74, 6) is 2.47. The quantitative estimate of drug-likeness (QED) is 0.474. The first-order valence-corrected chi connectivity index (χ1v) is 5.47. The highest BCUT2D eigenvalue weighted by molar-refractivity contribution is 6.19. The van der Waals surface area contributed by atoms with Gasteiger partial charge in [-0.3, -0.25) is 15.4 Å². The van der Waals surface area contributed by atoms with Crippen molar-refractivity contribution in [3.05, 3.63) is 35.9 Å². The number of carbonyl (C=O) groups excluding carboxylic acids is 2. The van der Waals surface area contributed by atoms with Gasteiger partial charge in [-0.05, 0) is 18.1 Å². The zero-order valence-electron chi connectivity index (χ0n) is 9.00. The Hall–Kier alpha value is -1.99. The minimum absolute atomic E-state index is 0.0983. The van der Waals surface area contributed by atoms with Crippen molar-refractivity contribution < 1.29 is 9.59 Å². The standard InChI is InChI=1S/C12H11ClN2O2/c13-8-6-11(16)15-12(17)14-9-7-10-4-2-1-3-5-10/h1-5H,6,8H2,(H2,14,15,16,17). The van der Waals surface area contributed by atoms with Gasteiger partial charge in [0.25, 0.3) is 0 Å². The first-order valence-electron chi connectivity index (χ1n) is 4.94. The van der Waals surface area contributed by atoms with Gasteiger partial charge in [0.2, 0.25) is 5.91 Å². The van der Waals surface area contributed by atoms with Gasteiger partial charge in [-0.15, -0.1) is 11.6 Å². The molecule has 0 spiro atoms. The summed E-state index contributed by atoms with van der Waals surface area (Å²) in [6, 6.07) is 11.0. The summed E-state index contributed by atoms with van der Waals surface area (Å²) in [5, 5.41) is 4.34. The van der Waals surface area contributed by atoms with Gasteiger partial charge in [-0.2, -0.15) is 0 Å². The van der Waals surface area contributed by atoms with Gasteiger partial charge in [0, 0.05) is 23.9 Å². The zero-order chi connectivity index (χ0) is 12.5. The summed E-state index contributed by atoms with van der Waals surface area (Å²) in [4.78, 5) is 22.1. The van der Waals surface area contributed by atoms with E-state index in [-0.39, 0.29) is 12.3 Å². The molecule has 3 amide bonds. The van der Waals surface area contributed by atoms with Crippen molar-refractivity contribution >= 4 is 23.5 Å². The van der Waals surface area contributed by atoms with Gasteiger partial charge < -0.3 is 0 Å². The van der Waals surface area contributed by atoms with Gasteiger partial charge in [0.15, 0.2) is 0 Å². The summed E-state index contributed by atoms with van der Waals surface area (Å²) < 4.78 is 0. The molecule has 0 saturated carbocycles. The van der Waals surface area contributed by atoms with Gasteiger partial charge in [-0.25, -0.2) is 4.79 Å². The molecule has 0 aromatic heterocycles. The second kappa shape index (κ2) is 7.31. The Bertz CT molecular complexity index is 449. The molecule has 2 N–H and O–H groups in total. The van der Waals surface area contributed by atoms with E-state index >= 15 is 0 Å². The lowest BCUT2D eigenvalue weighted by Crippen LogP contribution is -2.37. The van der Waals surface area contributed by atoms with E-state index in [0.29, 0.717) is 0 Å².